The van der Waals surface area contributed by atoms with E-state index in [9.17, 15) is 10.1 Å². The highest BCUT2D eigenvalue weighted by Gasteiger charge is 2.16. The molecule has 0 aliphatic heterocycles. The number of anilines is 2. The van der Waals surface area contributed by atoms with Crippen molar-refractivity contribution in [2.75, 3.05) is 17.7 Å². The molecule has 0 aromatic heterocycles. The maximum absolute atomic E-state index is 11.1. The molecule has 23 heavy (non-hydrogen) atoms. The maximum Gasteiger partial charge on any atom is 0.296 e. The highest BCUT2D eigenvalue weighted by molar-refractivity contribution is 7.80. The summed E-state index contributed by atoms with van der Waals surface area (Å²) in [7, 11) is 1.43. The summed E-state index contributed by atoms with van der Waals surface area (Å²) in [6.07, 6.45) is 0. The van der Waals surface area contributed by atoms with E-state index in [4.69, 9.17) is 40.2 Å². The van der Waals surface area contributed by atoms with Crippen LogP contribution in [0.4, 0.5) is 17.1 Å². The standard InChI is InChI=1S/C14H11Cl2N3O3S/c1-22-11-2-3-12(13(7-11)19(20)21)18-14(23)17-10-5-8(15)4-9(16)6-10/h2-7H,1H3,(H2,17,18,23). The van der Waals surface area contributed by atoms with Crippen molar-refractivity contribution in [1.29, 1.82) is 0 Å². The van der Waals surface area contributed by atoms with Crippen LogP contribution in [-0.4, -0.2) is 17.1 Å². The Morgan fingerprint density at radius 2 is 1.83 bits per heavy atom. The van der Waals surface area contributed by atoms with Gasteiger partial charge in [0.1, 0.15) is 11.4 Å². The average molecular weight is 372 g/mol. The van der Waals surface area contributed by atoms with Gasteiger partial charge in [0.05, 0.1) is 18.1 Å². The smallest absolute Gasteiger partial charge is 0.296 e. The van der Waals surface area contributed by atoms with Gasteiger partial charge in [-0.2, -0.15) is 0 Å². The topological polar surface area (TPSA) is 76.4 Å². The first kappa shape index (κ1) is 17.3. The number of hydrogen-bond acceptors (Lipinski definition) is 4. The number of halogens is 2. The number of nitrogens with zero attached hydrogens (tertiary/aromatic N) is 1. The molecule has 9 heteroatoms. The Kier molecular flexibility index (Phi) is 5.59. The van der Waals surface area contributed by atoms with Crippen molar-refractivity contribution in [3.05, 3.63) is 56.6 Å². The fourth-order valence-electron chi connectivity index (χ4n) is 1.81. The molecule has 0 saturated carbocycles. The molecule has 0 unspecified atom stereocenters. The van der Waals surface area contributed by atoms with Crippen LogP contribution in [0.2, 0.25) is 10.0 Å². The molecule has 0 radical (unpaired) electrons. The zero-order chi connectivity index (χ0) is 17.0. The van der Waals surface area contributed by atoms with Crippen LogP contribution in [-0.2, 0) is 0 Å². The molecular formula is C14H11Cl2N3O3S. The van der Waals surface area contributed by atoms with Gasteiger partial charge >= 0.3 is 0 Å². The van der Waals surface area contributed by atoms with Crippen LogP contribution in [0.5, 0.6) is 5.75 Å². The zero-order valence-corrected chi connectivity index (χ0v) is 14.1. The van der Waals surface area contributed by atoms with E-state index in [0.29, 0.717) is 21.5 Å². The summed E-state index contributed by atoms with van der Waals surface area (Å²) in [5.74, 6) is 0.378. The van der Waals surface area contributed by atoms with Gasteiger partial charge in [0, 0.05) is 15.7 Å². The molecule has 2 rings (SSSR count). The highest BCUT2D eigenvalue weighted by Crippen LogP contribution is 2.29. The van der Waals surface area contributed by atoms with Crippen molar-refractivity contribution in [2.24, 2.45) is 0 Å². The Bertz CT molecular complexity index is 751. The third kappa shape index (κ3) is 4.69. The minimum absolute atomic E-state index is 0.155. The lowest BCUT2D eigenvalue weighted by molar-refractivity contribution is -0.384. The lowest BCUT2D eigenvalue weighted by Crippen LogP contribution is -2.19. The van der Waals surface area contributed by atoms with Crippen LogP contribution in [0.25, 0.3) is 0 Å². The Balaban J connectivity index is 2.18. The summed E-state index contributed by atoms with van der Waals surface area (Å²) in [6.45, 7) is 0. The van der Waals surface area contributed by atoms with Gasteiger partial charge in [-0.3, -0.25) is 10.1 Å². The molecule has 0 spiro atoms. The van der Waals surface area contributed by atoms with E-state index in [1.165, 1.54) is 19.2 Å². The maximum atomic E-state index is 11.1. The van der Waals surface area contributed by atoms with Gasteiger partial charge in [-0.05, 0) is 42.5 Å². The van der Waals surface area contributed by atoms with E-state index in [2.05, 4.69) is 10.6 Å². The first-order chi connectivity index (χ1) is 10.9. The number of ether oxygens (including phenoxy) is 1. The molecule has 6 nitrogen and oxygen atoms in total. The molecule has 0 amide bonds. The van der Waals surface area contributed by atoms with E-state index in [1.807, 2.05) is 0 Å². The molecule has 0 fully saturated rings. The van der Waals surface area contributed by atoms with Crippen molar-refractivity contribution in [2.45, 2.75) is 0 Å². The van der Waals surface area contributed by atoms with Crippen LogP contribution in [0.3, 0.4) is 0 Å². The van der Waals surface area contributed by atoms with E-state index < -0.39 is 4.92 Å². The summed E-state index contributed by atoms with van der Waals surface area (Å²) in [5.41, 5.74) is 0.648. The Morgan fingerprint density at radius 3 is 2.39 bits per heavy atom. The molecule has 0 aliphatic carbocycles. The van der Waals surface area contributed by atoms with Gasteiger partial charge < -0.3 is 15.4 Å². The minimum atomic E-state index is -0.524. The molecule has 2 aromatic rings. The minimum Gasteiger partial charge on any atom is -0.496 e. The van der Waals surface area contributed by atoms with Gasteiger partial charge in [0.2, 0.25) is 0 Å². The van der Waals surface area contributed by atoms with Gasteiger partial charge in [-0.15, -0.1) is 0 Å². The number of nitro groups is 1. The Hall–Kier alpha value is -2.09. The quantitative estimate of drug-likeness (QED) is 0.460. The van der Waals surface area contributed by atoms with Gasteiger partial charge in [-0.1, -0.05) is 23.2 Å². The van der Waals surface area contributed by atoms with Crippen molar-refractivity contribution < 1.29 is 9.66 Å². The van der Waals surface area contributed by atoms with Crippen LogP contribution < -0.4 is 15.4 Å². The first-order valence-electron chi connectivity index (χ1n) is 6.25. The Morgan fingerprint density at radius 1 is 1.17 bits per heavy atom. The second kappa shape index (κ2) is 7.45. The van der Waals surface area contributed by atoms with Gasteiger partial charge in [-0.25, -0.2) is 0 Å². The molecular weight excluding hydrogens is 361 g/mol. The van der Waals surface area contributed by atoms with Crippen LogP contribution in [0, 0.1) is 10.1 Å². The fourth-order valence-corrected chi connectivity index (χ4v) is 2.56. The zero-order valence-electron chi connectivity index (χ0n) is 11.8. The number of hydrogen-bond donors (Lipinski definition) is 2. The average Bonchev–Trinajstić information content (AvgIpc) is 2.46. The molecule has 120 valence electrons. The summed E-state index contributed by atoms with van der Waals surface area (Å²) in [4.78, 5) is 10.6. The SMILES string of the molecule is COc1ccc(NC(=S)Nc2cc(Cl)cc(Cl)c2)c([N+](=O)[O-])c1. The molecule has 0 saturated heterocycles. The van der Waals surface area contributed by atoms with E-state index >= 15 is 0 Å². The molecule has 0 atom stereocenters. The predicted molar refractivity (Wildman–Crippen MR) is 96.0 cm³/mol. The molecule has 0 bridgehead atoms. The van der Waals surface area contributed by atoms with E-state index in [0.717, 1.165) is 0 Å². The highest BCUT2D eigenvalue weighted by atomic mass is 35.5. The number of thiocarbonyl (C=S) groups is 1. The third-order valence-corrected chi connectivity index (χ3v) is 3.41. The largest absolute Gasteiger partial charge is 0.496 e. The number of benzene rings is 2. The number of nitrogens with one attached hydrogen (secondary N) is 2. The van der Waals surface area contributed by atoms with Crippen molar-refractivity contribution in [3.63, 3.8) is 0 Å². The fraction of sp³-hybridized carbons (Fsp3) is 0.0714. The molecule has 0 aliphatic rings. The Labute approximate surface area is 147 Å². The number of methoxy groups -OCH3 is 1. The van der Waals surface area contributed by atoms with Crippen LogP contribution in [0.15, 0.2) is 36.4 Å². The van der Waals surface area contributed by atoms with Crippen molar-refractivity contribution in [3.8, 4) is 5.75 Å². The number of nitro benzene ring substituents is 1. The molecule has 0 heterocycles. The van der Waals surface area contributed by atoms with E-state index in [1.54, 1.807) is 24.3 Å². The summed E-state index contributed by atoms with van der Waals surface area (Å²) in [6, 6.07) is 9.25. The summed E-state index contributed by atoms with van der Waals surface area (Å²) < 4.78 is 4.98. The number of rotatable bonds is 4. The predicted octanol–water partition coefficient (Wildman–Crippen LogP) is 4.72. The molecule has 2 N–H and O–H groups in total. The first-order valence-corrected chi connectivity index (χ1v) is 7.42. The second-order valence-electron chi connectivity index (χ2n) is 4.38. The lowest BCUT2D eigenvalue weighted by Gasteiger charge is -2.12. The van der Waals surface area contributed by atoms with Crippen molar-refractivity contribution >= 4 is 57.6 Å². The monoisotopic (exact) mass is 371 g/mol. The molecule has 2 aromatic carbocycles. The second-order valence-corrected chi connectivity index (χ2v) is 5.66. The van der Waals surface area contributed by atoms with Crippen LogP contribution in [0.1, 0.15) is 0 Å². The third-order valence-electron chi connectivity index (χ3n) is 2.77. The normalized spacial score (nSPS) is 10.0. The van der Waals surface area contributed by atoms with Gasteiger partial charge in [0.25, 0.3) is 5.69 Å². The van der Waals surface area contributed by atoms with Gasteiger partial charge in [0.15, 0.2) is 5.11 Å². The lowest BCUT2D eigenvalue weighted by atomic mass is 10.2. The van der Waals surface area contributed by atoms with E-state index in [-0.39, 0.29) is 16.5 Å². The van der Waals surface area contributed by atoms with Crippen molar-refractivity contribution in [1.82, 2.24) is 0 Å². The van der Waals surface area contributed by atoms with Crippen LogP contribution >= 0.6 is 35.4 Å². The summed E-state index contributed by atoms with van der Waals surface area (Å²) >= 11 is 17.0. The summed E-state index contributed by atoms with van der Waals surface area (Å²) in [5, 5.41) is 17.8.